The van der Waals surface area contributed by atoms with E-state index in [0.717, 1.165) is 31.2 Å². The SMILES string of the molecule is O=C(c1c(F)cccc1Cl)N1CCCC(CCc2ccc(F)cc2)C1. The van der Waals surface area contributed by atoms with Crippen molar-refractivity contribution in [3.05, 3.63) is 70.2 Å². The van der Waals surface area contributed by atoms with Gasteiger partial charge in [-0.15, -0.1) is 0 Å². The van der Waals surface area contributed by atoms with Gasteiger partial charge in [0.05, 0.1) is 10.6 Å². The summed E-state index contributed by atoms with van der Waals surface area (Å²) in [6, 6.07) is 10.8. The molecule has 3 rings (SSSR count). The minimum atomic E-state index is -0.578. The first-order valence-corrected chi connectivity index (χ1v) is 8.90. The van der Waals surface area contributed by atoms with Crippen LogP contribution in [-0.2, 0) is 6.42 Å². The van der Waals surface area contributed by atoms with E-state index >= 15 is 0 Å². The largest absolute Gasteiger partial charge is 0.338 e. The quantitative estimate of drug-likeness (QED) is 0.739. The third kappa shape index (κ3) is 4.37. The number of nitrogens with zero attached hydrogens (tertiary/aromatic N) is 1. The molecule has 1 amide bonds. The molecule has 0 radical (unpaired) electrons. The van der Waals surface area contributed by atoms with Crippen molar-refractivity contribution in [2.75, 3.05) is 13.1 Å². The molecule has 1 atom stereocenters. The lowest BCUT2D eigenvalue weighted by Crippen LogP contribution is -2.40. The molecule has 1 saturated heterocycles. The smallest absolute Gasteiger partial charge is 0.258 e. The number of halogens is 3. The second-order valence-electron chi connectivity index (χ2n) is 6.52. The van der Waals surface area contributed by atoms with Gasteiger partial charge in [-0.3, -0.25) is 4.79 Å². The molecule has 1 heterocycles. The van der Waals surface area contributed by atoms with Crippen LogP contribution in [0.4, 0.5) is 8.78 Å². The monoisotopic (exact) mass is 363 g/mol. The van der Waals surface area contributed by atoms with E-state index in [-0.39, 0.29) is 22.3 Å². The Labute approximate surface area is 151 Å². The van der Waals surface area contributed by atoms with Gasteiger partial charge in [0.15, 0.2) is 0 Å². The Morgan fingerprint density at radius 3 is 2.64 bits per heavy atom. The molecule has 2 nitrogen and oxygen atoms in total. The fourth-order valence-electron chi connectivity index (χ4n) is 3.37. The van der Waals surface area contributed by atoms with Gasteiger partial charge in [0, 0.05) is 13.1 Å². The molecular formula is C20H20ClF2NO. The molecule has 1 fully saturated rings. The minimum Gasteiger partial charge on any atom is -0.338 e. The van der Waals surface area contributed by atoms with Gasteiger partial charge in [-0.1, -0.05) is 29.8 Å². The molecule has 1 aliphatic rings. The van der Waals surface area contributed by atoms with Gasteiger partial charge in [0.25, 0.3) is 5.91 Å². The summed E-state index contributed by atoms with van der Waals surface area (Å²) in [6.07, 6.45) is 3.69. The van der Waals surface area contributed by atoms with E-state index in [1.165, 1.54) is 30.3 Å². The summed E-state index contributed by atoms with van der Waals surface area (Å²) in [5, 5.41) is 0.151. The normalized spacial score (nSPS) is 17.6. The highest BCUT2D eigenvalue weighted by Gasteiger charge is 2.27. The van der Waals surface area contributed by atoms with Crippen LogP contribution in [0.3, 0.4) is 0 Å². The number of aryl methyl sites for hydroxylation is 1. The summed E-state index contributed by atoms with van der Waals surface area (Å²) in [6.45, 7) is 1.22. The van der Waals surface area contributed by atoms with Gasteiger partial charge in [-0.05, 0) is 61.4 Å². The molecule has 0 bridgehead atoms. The maximum Gasteiger partial charge on any atom is 0.258 e. The van der Waals surface area contributed by atoms with Crippen molar-refractivity contribution < 1.29 is 13.6 Å². The highest BCUT2D eigenvalue weighted by Crippen LogP contribution is 2.26. The molecule has 2 aromatic carbocycles. The molecule has 0 saturated carbocycles. The summed E-state index contributed by atoms with van der Waals surface area (Å²) in [4.78, 5) is 14.4. The number of carbonyl (C=O) groups is 1. The first kappa shape index (κ1) is 17.9. The molecule has 0 aromatic heterocycles. The Hall–Kier alpha value is -1.94. The average molecular weight is 364 g/mol. The van der Waals surface area contributed by atoms with E-state index in [9.17, 15) is 13.6 Å². The van der Waals surface area contributed by atoms with Gasteiger partial charge in [-0.25, -0.2) is 8.78 Å². The fourth-order valence-corrected chi connectivity index (χ4v) is 3.61. The Balaban J connectivity index is 1.62. The van der Waals surface area contributed by atoms with Crippen molar-refractivity contribution in [2.24, 2.45) is 5.92 Å². The molecule has 1 unspecified atom stereocenters. The van der Waals surface area contributed by atoms with Crippen molar-refractivity contribution in [1.29, 1.82) is 0 Å². The van der Waals surface area contributed by atoms with Crippen LogP contribution in [0.2, 0.25) is 5.02 Å². The standard InChI is InChI=1S/C20H20ClF2NO/c21-17-4-1-5-18(23)19(17)20(25)24-12-2-3-15(13-24)7-6-14-8-10-16(22)11-9-14/h1,4-5,8-11,15H,2-3,6-7,12-13H2. The number of likely N-dealkylation sites (tertiary alicyclic amines) is 1. The van der Waals surface area contributed by atoms with Crippen LogP contribution < -0.4 is 0 Å². The number of hydrogen-bond acceptors (Lipinski definition) is 1. The zero-order chi connectivity index (χ0) is 17.8. The zero-order valence-electron chi connectivity index (χ0n) is 13.9. The second-order valence-corrected chi connectivity index (χ2v) is 6.93. The van der Waals surface area contributed by atoms with Gasteiger partial charge in [0.2, 0.25) is 0 Å². The highest BCUT2D eigenvalue weighted by molar-refractivity contribution is 6.33. The van der Waals surface area contributed by atoms with E-state index in [2.05, 4.69) is 0 Å². The molecule has 2 aromatic rings. The third-order valence-electron chi connectivity index (χ3n) is 4.74. The van der Waals surface area contributed by atoms with E-state index in [1.807, 2.05) is 0 Å². The Morgan fingerprint density at radius 2 is 1.92 bits per heavy atom. The van der Waals surface area contributed by atoms with Crippen LogP contribution in [0, 0.1) is 17.6 Å². The average Bonchev–Trinajstić information content (AvgIpc) is 2.61. The molecule has 5 heteroatoms. The number of amides is 1. The molecular weight excluding hydrogens is 344 g/mol. The van der Waals surface area contributed by atoms with Crippen LogP contribution in [0.1, 0.15) is 35.2 Å². The maximum absolute atomic E-state index is 14.0. The van der Waals surface area contributed by atoms with Crippen molar-refractivity contribution in [1.82, 2.24) is 4.90 Å². The van der Waals surface area contributed by atoms with Crippen molar-refractivity contribution in [2.45, 2.75) is 25.7 Å². The van der Waals surface area contributed by atoms with E-state index in [0.29, 0.717) is 19.0 Å². The number of piperidine rings is 1. The molecule has 0 spiro atoms. The summed E-state index contributed by atoms with van der Waals surface area (Å²) >= 11 is 6.02. The summed E-state index contributed by atoms with van der Waals surface area (Å²) < 4.78 is 27.0. The lowest BCUT2D eigenvalue weighted by atomic mass is 9.91. The van der Waals surface area contributed by atoms with E-state index in [1.54, 1.807) is 17.0 Å². The predicted molar refractivity (Wildman–Crippen MR) is 94.8 cm³/mol. The zero-order valence-corrected chi connectivity index (χ0v) is 14.6. The van der Waals surface area contributed by atoms with Crippen molar-refractivity contribution >= 4 is 17.5 Å². The summed E-state index contributed by atoms with van der Waals surface area (Å²) in [5.41, 5.74) is 1.05. The lowest BCUT2D eigenvalue weighted by Gasteiger charge is -2.33. The van der Waals surface area contributed by atoms with Gasteiger partial charge in [-0.2, -0.15) is 0 Å². The fraction of sp³-hybridized carbons (Fsp3) is 0.350. The van der Waals surface area contributed by atoms with Gasteiger partial charge >= 0.3 is 0 Å². The molecule has 0 N–H and O–H groups in total. The number of hydrogen-bond donors (Lipinski definition) is 0. The molecule has 132 valence electrons. The van der Waals surface area contributed by atoms with E-state index in [4.69, 9.17) is 11.6 Å². The van der Waals surface area contributed by atoms with Gasteiger partial charge < -0.3 is 4.90 Å². The van der Waals surface area contributed by atoms with Crippen LogP contribution in [0.25, 0.3) is 0 Å². The van der Waals surface area contributed by atoms with Crippen LogP contribution in [-0.4, -0.2) is 23.9 Å². The number of carbonyl (C=O) groups excluding carboxylic acids is 1. The van der Waals surface area contributed by atoms with Gasteiger partial charge in [0.1, 0.15) is 11.6 Å². The Kier molecular flexibility index (Phi) is 5.69. The number of benzene rings is 2. The predicted octanol–water partition coefficient (Wildman–Crippen LogP) is 5.10. The summed E-state index contributed by atoms with van der Waals surface area (Å²) in [5.74, 6) is -0.797. The van der Waals surface area contributed by atoms with E-state index < -0.39 is 5.82 Å². The topological polar surface area (TPSA) is 20.3 Å². The minimum absolute atomic E-state index is 0.0386. The van der Waals surface area contributed by atoms with Crippen LogP contribution >= 0.6 is 11.6 Å². The molecule has 1 aliphatic heterocycles. The van der Waals surface area contributed by atoms with Crippen molar-refractivity contribution in [3.63, 3.8) is 0 Å². The third-order valence-corrected chi connectivity index (χ3v) is 5.05. The van der Waals surface area contributed by atoms with Crippen LogP contribution in [0.15, 0.2) is 42.5 Å². The van der Waals surface area contributed by atoms with Crippen molar-refractivity contribution in [3.8, 4) is 0 Å². The molecule has 0 aliphatic carbocycles. The maximum atomic E-state index is 14.0. The Bertz CT molecular complexity index is 728. The second kappa shape index (κ2) is 7.96. The molecule has 25 heavy (non-hydrogen) atoms. The highest BCUT2D eigenvalue weighted by atomic mass is 35.5. The lowest BCUT2D eigenvalue weighted by molar-refractivity contribution is 0.0664. The number of rotatable bonds is 4. The first-order chi connectivity index (χ1) is 12.0. The summed E-state index contributed by atoms with van der Waals surface area (Å²) in [7, 11) is 0. The van der Waals surface area contributed by atoms with Crippen LogP contribution in [0.5, 0.6) is 0 Å². The Morgan fingerprint density at radius 1 is 1.16 bits per heavy atom. The first-order valence-electron chi connectivity index (χ1n) is 8.52.